The Morgan fingerprint density at radius 3 is 2.58 bits per heavy atom. The number of anilines is 1. The molecule has 19 heavy (non-hydrogen) atoms. The number of rotatable bonds is 4. The summed E-state index contributed by atoms with van der Waals surface area (Å²) < 4.78 is 0. The third-order valence-electron chi connectivity index (χ3n) is 3.60. The Bertz CT molecular complexity index is 445. The largest absolute Gasteiger partial charge is 0.480 e. The van der Waals surface area contributed by atoms with Crippen molar-refractivity contribution in [3.8, 4) is 0 Å². The molecule has 104 valence electrons. The Morgan fingerprint density at radius 1 is 1.37 bits per heavy atom. The molecular formula is C14H19ClN2O2. The van der Waals surface area contributed by atoms with Gasteiger partial charge in [0.25, 0.3) is 0 Å². The summed E-state index contributed by atoms with van der Waals surface area (Å²) in [5.41, 5.74) is 1.11. The smallest absolute Gasteiger partial charge is 0.320 e. The molecule has 0 saturated carbocycles. The van der Waals surface area contributed by atoms with Crippen LogP contribution in [-0.4, -0.2) is 48.2 Å². The van der Waals surface area contributed by atoms with Crippen molar-refractivity contribution in [1.29, 1.82) is 0 Å². The molecule has 1 aliphatic heterocycles. The summed E-state index contributed by atoms with van der Waals surface area (Å²) in [6.07, 6.45) is 0.645. The summed E-state index contributed by atoms with van der Waals surface area (Å²) in [5.74, 6) is -0.723. The fourth-order valence-electron chi connectivity index (χ4n) is 2.55. The Morgan fingerprint density at radius 2 is 2.05 bits per heavy atom. The highest BCUT2D eigenvalue weighted by molar-refractivity contribution is 6.30. The molecule has 1 saturated heterocycles. The van der Waals surface area contributed by atoms with E-state index in [1.165, 1.54) is 0 Å². The van der Waals surface area contributed by atoms with E-state index in [2.05, 4.69) is 4.90 Å². The summed E-state index contributed by atoms with van der Waals surface area (Å²) >= 11 is 5.99. The minimum absolute atomic E-state index is 0.360. The molecule has 0 radical (unpaired) electrons. The van der Waals surface area contributed by atoms with Crippen molar-refractivity contribution in [1.82, 2.24) is 4.90 Å². The molecule has 0 aliphatic carbocycles. The second kappa shape index (κ2) is 6.26. The molecule has 2 rings (SSSR count). The van der Waals surface area contributed by atoms with Crippen molar-refractivity contribution >= 4 is 23.3 Å². The normalized spacial score (nSPS) is 18.3. The summed E-state index contributed by atoms with van der Waals surface area (Å²) in [6.45, 7) is 5.14. The van der Waals surface area contributed by atoms with Crippen LogP contribution < -0.4 is 4.90 Å². The predicted molar refractivity (Wildman–Crippen MR) is 77.0 cm³/mol. The summed E-state index contributed by atoms with van der Waals surface area (Å²) in [4.78, 5) is 15.4. The van der Waals surface area contributed by atoms with Crippen LogP contribution in [0.1, 0.15) is 13.3 Å². The van der Waals surface area contributed by atoms with E-state index in [-0.39, 0.29) is 6.04 Å². The first kappa shape index (κ1) is 14.2. The summed E-state index contributed by atoms with van der Waals surface area (Å²) in [7, 11) is 0. The second-order valence-electron chi connectivity index (χ2n) is 4.77. The van der Waals surface area contributed by atoms with Gasteiger partial charge in [-0.25, -0.2) is 0 Å². The topological polar surface area (TPSA) is 43.8 Å². The molecule has 4 nitrogen and oxygen atoms in total. The molecular weight excluding hydrogens is 264 g/mol. The van der Waals surface area contributed by atoms with Gasteiger partial charge in [0.2, 0.25) is 0 Å². The lowest BCUT2D eigenvalue weighted by molar-refractivity contribution is -0.143. The number of carbonyl (C=O) groups is 1. The Hall–Kier alpha value is -1.26. The van der Waals surface area contributed by atoms with Crippen LogP contribution in [0.4, 0.5) is 5.69 Å². The standard InChI is InChI=1S/C14H19ClN2O2/c1-2-13(14(18)19)17-8-6-16(7-9-17)12-5-3-4-11(15)10-12/h3-5,10,13H,2,6-9H2,1H3,(H,18,19). The lowest BCUT2D eigenvalue weighted by Crippen LogP contribution is -2.52. The summed E-state index contributed by atoms with van der Waals surface area (Å²) in [5, 5.41) is 9.91. The van der Waals surface area contributed by atoms with Gasteiger partial charge in [0.15, 0.2) is 0 Å². The molecule has 1 heterocycles. The SMILES string of the molecule is CCC(C(=O)O)N1CCN(c2cccc(Cl)c2)CC1. The zero-order chi connectivity index (χ0) is 13.8. The van der Waals surface area contributed by atoms with E-state index in [1.807, 2.05) is 36.1 Å². The number of carboxylic acid groups (broad SMARTS) is 1. The monoisotopic (exact) mass is 282 g/mol. The lowest BCUT2D eigenvalue weighted by Gasteiger charge is -2.38. The van der Waals surface area contributed by atoms with Gasteiger partial charge in [-0.15, -0.1) is 0 Å². The zero-order valence-corrected chi connectivity index (χ0v) is 11.8. The Kier molecular flexibility index (Phi) is 4.66. The predicted octanol–water partition coefficient (Wildman–Crippen LogP) is 2.33. The number of benzene rings is 1. The van der Waals surface area contributed by atoms with Gasteiger partial charge in [0.1, 0.15) is 6.04 Å². The number of piperazine rings is 1. The minimum atomic E-state index is -0.723. The molecule has 1 unspecified atom stereocenters. The molecule has 1 fully saturated rings. The van der Waals surface area contributed by atoms with Gasteiger partial charge >= 0.3 is 5.97 Å². The van der Waals surface area contributed by atoms with Crippen LogP contribution >= 0.6 is 11.6 Å². The van der Waals surface area contributed by atoms with Crippen molar-refractivity contribution in [3.63, 3.8) is 0 Å². The van der Waals surface area contributed by atoms with E-state index in [9.17, 15) is 9.90 Å². The number of nitrogens with zero attached hydrogens (tertiary/aromatic N) is 2. The van der Waals surface area contributed by atoms with Gasteiger partial charge in [-0.3, -0.25) is 9.69 Å². The maximum absolute atomic E-state index is 11.2. The number of aliphatic carboxylic acids is 1. The third kappa shape index (κ3) is 3.39. The Labute approximate surface area is 118 Å². The first-order chi connectivity index (χ1) is 9.11. The van der Waals surface area contributed by atoms with Crippen molar-refractivity contribution in [2.75, 3.05) is 31.1 Å². The van der Waals surface area contributed by atoms with E-state index in [4.69, 9.17) is 11.6 Å². The second-order valence-corrected chi connectivity index (χ2v) is 5.20. The highest BCUT2D eigenvalue weighted by Crippen LogP contribution is 2.21. The van der Waals surface area contributed by atoms with Gasteiger partial charge < -0.3 is 10.0 Å². The van der Waals surface area contributed by atoms with Gasteiger partial charge in [-0.2, -0.15) is 0 Å². The maximum Gasteiger partial charge on any atom is 0.320 e. The minimum Gasteiger partial charge on any atom is -0.480 e. The van der Waals surface area contributed by atoms with E-state index >= 15 is 0 Å². The molecule has 0 bridgehead atoms. The molecule has 0 amide bonds. The highest BCUT2D eigenvalue weighted by atomic mass is 35.5. The molecule has 1 atom stereocenters. The van der Waals surface area contributed by atoms with Crippen LogP contribution in [0.15, 0.2) is 24.3 Å². The third-order valence-corrected chi connectivity index (χ3v) is 3.84. The lowest BCUT2D eigenvalue weighted by atomic mass is 10.1. The van der Waals surface area contributed by atoms with E-state index < -0.39 is 5.97 Å². The Balaban J connectivity index is 1.97. The van der Waals surface area contributed by atoms with Crippen LogP contribution in [0.25, 0.3) is 0 Å². The fraction of sp³-hybridized carbons (Fsp3) is 0.500. The van der Waals surface area contributed by atoms with Gasteiger partial charge in [0, 0.05) is 36.9 Å². The number of halogens is 1. The van der Waals surface area contributed by atoms with Crippen LogP contribution in [0.5, 0.6) is 0 Å². The van der Waals surface area contributed by atoms with Crippen molar-refractivity contribution < 1.29 is 9.90 Å². The molecule has 1 N–H and O–H groups in total. The highest BCUT2D eigenvalue weighted by Gasteiger charge is 2.27. The first-order valence-corrected chi connectivity index (χ1v) is 6.97. The van der Waals surface area contributed by atoms with E-state index in [0.717, 1.165) is 36.9 Å². The average molecular weight is 283 g/mol. The molecule has 1 aromatic carbocycles. The van der Waals surface area contributed by atoms with Crippen molar-refractivity contribution in [3.05, 3.63) is 29.3 Å². The van der Waals surface area contributed by atoms with Gasteiger partial charge in [-0.1, -0.05) is 24.6 Å². The quantitative estimate of drug-likeness (QED) is 0.920. The van der Waals surface area contributed by atoms with Gasteiger partial charge in [-0.05, 0) is 24.6 Å². The van der Waals surface area contributed by atoms with Crippen molar-refractivity contribution in [2.45, 2.75) is 19.4 Å². The van der Waals surface area contributed by atoms with Crippen LogP contribution in [0, 0.1) is 0 Å². The number of hydrogen-bond acceptors (Lipinski definition) is 3. The molecule has 1 aliphatic rings. The number of hydrogen-bond donors (Lipinski definition) is 1. The van der Waals surface area contributed by atoms with E-state index in [1.54, 1.807) is 0 Å². The molecule has 1 aromatic rings. The maximum atomic E-state index is 11.2. The van der Waals surface area contributed by atoms with Gasteiger partial charge in [0.05, 0.1) is 0 Å². The van der Waals surface area contributed by atoms with Crippen molar-refractivity contribution in [2.24, 2.45) is 0 Å². The average Bonchev–Trinajstić information content (AvgIpc) is 2.40. The molecule has 5 heteroatoms. The fourth-order valence-corrected chi connectivity index (χ4v) is 2.74. The first-order valence-electron chi connectivity index (χ1n) is 6.59. The summed E-state index contributed by atoms with van der Waals surface area (Å²) in [6, 6.07) is 7.43. The molecule has 0 spiro atoms. The van der Waals surface area contributed by atoms with Crippen LogP contribution in [0.3, 0.4) is 0 Å². The van der Waals surface area contributed by atoms with Crippen LogP contribution in [0.2, 0.25) is 5.02 Å². The number of carboxylic acids is 1. The zero-order valence-electron chi connectivity index (χ0n) is 11.1. The van der Waals surface area contributed by atoms with E-state index in [0.29, 0.717) is 6.42 Å². The molecule has 0 aromatic heterocycles. The van der Waals surface area contributed by atoms with Crippen LogP contribution in [-0.2, 0) is 4.79 Å².